The van der Waals surface area contributed by atoms with Crippen LogP contribution in [-0.2, 0) is 4.74 Å². The van der Waals surface area contributed by atoms with Gasteiger partial charge in [-0.1, -0.05) is 12.2 Å². The molecule has 1 amide bonds. The SMILES string of the molecule is CC(C)(C)OC(=O)NC/C=C/CNC(C1CC1)C1CC1. The van der Waals surface area contributed by atoms with Crippen LogP contribution in [0, 0.1) is 11.8 Å². The molecule has 0 aromatic rings. The molecule has 20 heavy (non-hydrogen) atoms. The zero-order valence-corrected chi connectivity index (χ0v) is 12.9. The van der Waals surface area contributed by atoms with E-state index >= 15 is 0 Å². The predicted octanol–water partition coefficient (Wildman–Crippen LogP) is 2.85. The van der Waals surface area contributed by atoms with Crippen molar-refractivity contribution in [2.24, 2.45) is 11.8 Å². The maximum absolute atomic E-state index is 11.4. The first-order chi connectivity index (χ1) is 9.46. The minimum Gasteiger partial charge on any atom is -0.444 e. The second-order valence-electron chi connectivity index (χ2n) is 6.96. The minimum atomic E-state index is -0.433. The van der Waals surface area contributed by atoms with Gasteiger partial charge in [0.2, 0.25) is 0 Å². The summed E-state index contributed by atoms with van der Waals surface area (Å²) in [6.07, 6.45) is 9.32. The van der Waals surface area contributed by atoms with Crippen LogP contribution in [0.1, 0.15) is 46.5 Å². The third-order valence-corrected chi connectivity index (χ3v) is 3.66. The Morgan fingerprint density at radius 1 is 1.15 bits per heavy atom. The number of nitrogens with one attached hydrogen (secondary N) is 2. The lowest BCUT2D eigenvalue weighted by Crippen LogP contribution is -2.33. The summed E-state index contributed by atoms with van der Waals surface area (Å²) in [7, 11) is 0. The molecule has 4 heteroatoms. The fraction of sp³-hybridized carbons (Fsp3) is 0.812. The van der Waals surface area contributed by atoms with E-state index < -0.39 is 5.60 Å². The summed E-state index contributed by atoms with van der Waals surface area (Å²) in [6.45, 7) is 7.01. The number of carbonyl (C=O) groups is 1. The van der Waals surface area contributed by atoms with Crippen molar-refractivity contribution in [1.82, 2.24) is 10.6 Å². The predicted molar refractivity (Wildman–Crippen MR) is 80.6 cm³/mol. The Hall–Kier alpha value is -1.03. The lowest BCUT2D eigenvalue weighted by Gasteiger charge is -2.19. The highest BCUT2D eigenvalue weighted by molar-refractivity contribution is 5.67. The van der Waals surface area contributed by atoms with Gasteiger partial charge < -0.3 is 15.4 Å². The summed E-state index contributed by atoms with van der Waals surface area (Å²) < 4.78 is 5.16. The molecule has 0 aromatic heterocycles. The van der Waals surface area contributed by atoms with Gasteiger partial charge in [-0.25, -0.2) is 4.79 Å². The number of carbonyl (C=O) groups excluding carboxylic acids is 1. The van der Waals surface area contributed by atoms with Crippen LogP contribution in [0.2, 0.25) is 0 Å². The molecular weight excluding hydrogens is 252 g/mol. The largest absolute Gasteiger partial charge is 0.444 e. The van der Waals surface area contributed by atoms with E-state index in [1.165, 1.54) is 25.7 Å². The summed E-state index contributed by atoms with van der Waals surface area (Å²) in [4.78, 5) is 11.4. The molecule has 4 nitrogen and oxygen atoms in total. The summed E-state index contributed by atoms with van der Waals surface area (Å²) in [5.74, 6) is 1.85. The van der Waals surface area contributed by atoms with Crippen molar-refractivity contribution in [2.45, 2.75) is 58.1 Å². The lowest BCUT2D eigenvalue weighted by atomic mass is 10.1. The quantitative estimate of drug-likeness (QED) is 0.705. The Labute approximate surface area is 122 Å². The number of hydrogen-bond acceptors (Lipinski definition) is 3. The Bertz CT molecular complexity index is 340. The van der Waals surface area contributed by atoms with E-state index in [4.69, 9.17) is 4.74 Å². The first-order valence-electron chi connectivity index (χ1n) is 7.81. The molecule has 0 aromatic carbocycles. The van der Waals surface area contributed by atoms with Crippen LogP contribution in [-0.4, -0.2) is 30.8 Å². The van der Waals surface area contributed by atoms with Gasteiger partial charge in [0.05, 0.1) is 0 Å². The van der Waals surface area contributed by atoms with Gasteiger partial charge in [0.1, 0.15) is 5.60 Å². The highest BCUT2D eigenvalue weighted by Crippen LogP contribution is 2.44. The summed E-state index contributed by atoms with van der Waals surface area (Å²) >= 11 is 0. The maximum atomic E-state index is 11.4. The highest BCUT2D eigenvalue weighted by atomic mass is 16.6. The van der Waals surface area contributed by atoms with Crippen LogP contribution in [0.15, 0.2) is 12.2 Å². The second kappa shape index (κ2) is 6.61. The van der Waals surface area contributed by atoms with Crippen molar-refractivity contribution in [1.29, 1.82) is 0 Å². The Morgan fingerprint density at radius 2 is 1.70 bits per heavy atom. The van der Waals surface area contributed by atoms with Gasteiger partial charge in [-0.2, -0.15) is 0 Å². The first kappa shape index (κ1) is 15.4. The molecule has 2 saturated carbocycles. The molecule has 2 aliphatic carbocycles. The van der Waals surface area contributed by atoms with Crippen molar-refractivity contribution >= 4 is 6.09 Å². The van der Waals surface area contributed by atoms with Gasteiger partial charge in [-0.05, 0) is 58.3 Å². The molecule has 2 aliphatic rings. The average Bonchev–Trinajstić information content (AvgIpc) is 3.19. The van der Waals surface area contributed by atoms with Crippen molar-refractivity contribution in [3.63, 3.8) is 0 Å². The molecule has 0 spiro atoms. The molecule has 2 fully saturated rings. The lowest BCUT2D eigenvalue weighted by molar-refractivity contribution is 0.0534. The molecule has 0 radical (unpaired) electrons. The Morgan fingerprint density at radius 3 is 2.20 bits per heavy atom. The van der Waals surface area contributed by atoms with E-state index in [2.05, 4.69) is 16.7 Å². The number of ether oxygens (including phenoxy) is 1. The zero-order valence-electron chi connectivity index (χ0n) is 12.9. The molecule has 2 rings (SSSR count). The van der Waals surface area contributed by atoms with Crippen LogP contribution >= 0.6 is 0 Å². The van der Waals surface area contributed by atoms with E-state index in [0.717, 1.165) is 24.4 Å². The third-order valence-electron chi connectivity index (χ3n) is 3.66. The fourth-order valence-corrected chi connectivity index (χ4v) is 2.46. The normalized spacial score (nSPS) is 19.6. The van der Waals surface area contributed by atoms with Crippen LogP contribution in [0.3, 0.4) is 0 Å². The van der Waals surface area contributed by atoms with Crippen LogP contribution in [0.25, 0.3) is 0 Å². The Balaban J connectivity index is 1.54. The number of rotatable bonds is 7. The Kier molecular flexibility index (Phi) is 5.08. The second-order valence-corrected chi connectivity index (χ2v) is 6.96. The first-order valence-corrected chi connectivity index (χ1v) is 7.81. The molecule has 114 valence electrons. The van der Waals surface area contributed by atoms with Gasteiger partial charge in [0, 0.05) is 19.1 Å². The van der Waals surface area contributed by atoms with E-state index in [1.54, 1.807) is 0 Å². The molecular formula is C16H28N2O2. The molecule has 0 heterocycles. The summed E-state index contributed by atoms with van der Waals surface area (Å²) in [5.41, 5.74) is -0.433. The van der Waals surface area contributed by atoms with Crippen LogP contribution in [0.5, 0.6) is 0 Å². The number of hydrogen-bond donors (Lipinski definition) is 2. The molecule has 0 saturated heterocycles. The monoisotopic (exact) mass is 280 g/mol. The fourth-order valence-electron chi connectivity index (χ4n) is 2.46. The van der Waals surface area contributed by atoms with Gasteiger partial charge in [-0.15, -0.1) is 0 Å². The van der Waals surface area contributed by atoms with Crippen molar-refractivity contribution < 1.29 is 9.53 Å². The van der Waals surface area contributed by atoms with E-state index in [1.807, 2.05) is 26.8 Å². The van der Waals surface area contributed by atoms with Gasteiger partial charge in [-0.3, -0.25) is 0 Å². The van der Waals surface area contributed by atoms with Crippen molar-refractivity contribution in [2.75, 3.05) is 13.1 Å². The molecule has 0 atom stereocenters. The zero-order chi connectivity index (χ0) is 14.6. The van der Waals surface area contributed by atoms with Gasteiger partial charge in [0.15, 0.2) is 0 Å². The number of alkyl carbamates (subject to hydrolysis) is 1. The molecule has 0 unspecified atom stereocenters. The smallest absolute Gasteiger partial charge is 0.407 e. The average molecular weight is 280 g/mol. The van der Waals surface area contributed by atoms with Gasteiger partial charge >= 0.3 is 6.09 Å². The number of amides is 1. The maximum Gasteiger partial charge on any atom is 0.407 e. The van der Waals surface area contributed by atoms with Crippen LogP contribution < -0.4 is 10.6 Å². The van der Waals surface area contributed by atoms with Crippen molar-refractivity contribution in [3.8, 4) is 0 Å². The topological polar surface area (TPSA) is 50.4 Å². The van der Waals surface area contributed by atoms with E-state index in [9.17, 15) is 4.79 Å². The van der Waals surface area contributed by atoms with Gasteiger partial charge in [0.25, 0.3) is 0 Å². The highest BCUT2D eigenvalue weighted by Gasteiger charge is 2.40. The molecule has 0 aliphatic heterocycles. The summed E-state index contributed by atoms with van der Waals surface area (Å²) in [6, 6.07) is 0.735. The molecule has 2 N–H and O–H groups in total. The molecule has 0 bridgehead atoms. The third kappa shape index (κ3) is 5.95. The summed E-state index contributed by atoms with van der Waals surface area (Å²) in [5, 5.41) is 6.36. The minimum absolute atomic E-state index is 0.357. The van der Waals surface area contributed by atoms with E-state index in [0.29, 0.717) is 6.54 Å². The van der Waals surface area contributed by atoms with Crippen molar-refractivity contribution in [3.05, 3.63) is 12.2 Å². The standard InChI is InChI=1S/C16H28N2O2/c1-16(2,3)20-15(19)18-11-5-4-10-17-14(12-6-7-12)13-8-9-13/h4-5,12-14,17H,6-11H2,1-3H3,(H,18,19)/b5-4+. The van der Waals surface area contributed by atoms with Crippen LogP contribution in [0.4, 0.5) is 4.79 Å². The van der Waals surface area contributed by atoms with E-state index in [-0.39, 0.29) is 6.09 Å².